The highest BCUT2D eigenvalue weighted by atomic mass is 16.5. The van der Waals surface area contributed by atoms with Crippen LogP contribution in [0.25, 0.3) is 11.5 Å². The van der Waals surface area contributed by atoms with Crippen LogP contribution in [0, 0.1) is 0 Å². The van der Waals surface area contributed by atoms with Gasteiger partial charge in [-0.1, -0.05) is 31.0 Å². The van der Waals surface area contributed by atoms with Gasteiger partial charge in [-0.25, -0.2) is 0 Å². The third-order valence-corrected chi connectivity index (χ3v) is 3.89. The van der Waals surface area contributed by atoms with Crippen LogP contribution in [-0.2, 0) is 0 Å². The number of aromatic nitrogens is 3. The fraction of sp³-hybridized carbons (Fsp3) is 0.533. The number of nitrogens with one attached hydrogen (secondary N) is 1. The monoisotopic (exact) mass is 272 g/mol. The minimum atomic E-state index is 0.327. The average Bonchev–Trinajstić information content (AvgIpc) is 2.99. The summed E-state index contributed by atoms with van der Waals surface area (Å²) in [5.74, 6) is 1.66. The van der Waals surface area contributed by atoms with E-state index in [0.717, 1.165) is 24.6 Å². The summed E-state index contributed by atoms with van der Waals surface area (Å²) >= 11 is 0. The molecule has 5 nitrogen and oxygen atoms in total. The molecule has 0 radical (unpaired) electrons. The van der Waals surface area contributed by atoms with Crippen molar-refractivity contribution in [2.45, 2.75) is 44.6 Å². The summed E-state index contributed by atoms with van der Waals surface area (Å²) in [4.78, 5) is 8.82. The second-order valence-electron chi connectivity index (χ2n) is 5.23. The lowest BCUT2D eigenvalue weighted by Crippen LogP contribution is -2.37. The molecule has 3 rings (SSSR count). The Morgan fingerprint density at radius 1 is 1.30 bits per heavy atom. The Morgan fingerprint density at radius 2 is 2.20 bits per heavy atom. The van der Waals surface area contributed by atoms with Gasteiger partial charge in [0, 0.05) is 12.2 Å². The third-order valence-electron chi connectivity index (χ3n) is 3.89. The lowest BCUT2D eigenvalue weighted by molar-refractivity contribution is 0.265. The van der Waals surface area contributed by atoms with Crippen LogP contribution >= 0.6 is 0 Å². The summed E-state index contributed by atoms with van der Waals surface area (Å²) in [6, 6.07) is 6.16. The highest BCUT2D eigenvalue weighted by molar-refractivity contribution is 5.47. The number of rotatable bonds is 4. The lowest BCUT2D eigenvalue weighted by Gasteiger charge is -2.29. The van der Waals surface area contributed by atoms with Crippen molar-refractivity contribution in [3.05, 3.63) is 30.3 Å². The molecule has 0 aromatic carbocycles. The van der Waals surface area contributed by atoms with Crippen molar-refractivity contribution in [2.24, 2.45) is 0 Å². The molecule has 2 aromatic rings. The van der Waals surface area contributed by atoms with E-state index in [1.807, 2.05) is 18.2 Å². The van der Waals surface area contributed by atoms with Gasteiger partial charge in [-0.05, 0) is 31.5 Å². The summed E-state index contributed by atoms with van der Waals surface area (Å²) in [7, 11) is 0. The number of pyridine rings is 1. The molecule has 20 heavy (non-hydrogen) atoms. The Labute approximate surface area is 118 Å². The Morgan fingerprint density at radius 3 is 3.00 bits per heavy atom. The lowest BCUT2D eigenvalue weighted by atomic mass is 9.84. The zero-order chi connectivity index (χ0) is 13.8. The summed E-state index contributed by atoms with van der Waals surface area (Å²) in [5, 5.41) is 7.62. The van der Waals surface area contributed by atoms with Crippen molar-refractivity contribution in [3.8, 4) is 11.5 Å². The third kappa shape index (κ3) is 2.72. The highest BCUT2D eigenvalue weighted by Crippen LogP contribution is 2.32. The number of nitrogens with zero attached hydrogens (tertiary/aromatic N) is 3. The van der Waals surface area contributed by atoms with E-state index in [4.69, 9.17) is 4.52 Å². The van der Waals surface area contributed by atoms with Crippen LogP contribution in [-0.4, -0.2) is 27.7 Å². The van der Waals surface area contributed by atoms with Gasteiger partial charge in [-0.2, -0.15) is 4.98 Å². The van der Waals surface area contributed by atoms with E-state index < -0.39 is 0 Å². The predicted molar refractivity (Wildman–Crippen MR) is 76.2 cm³/mol. The molecule has 1 N–H and O–H groups in total. The molecule has 1 aliphatic carbocycles. The molecule has 5 heteroatoms. The molecule has 0 amide bonds. The van der Waals surface area contributed by atoms with Crippen molar-refractivity contribution < 1.29 is 4.52 Å². The van der Waals surface area contributed by atoms with Crippen LogP contribution in [0.3, 0.4) is 0 Å². The van der Waals surface area contributed by atoms with E-state index in [-0.39, 0.29) is 0 Å². The van der Waals surface area contributed by atoms with Crippen molar-refractivity contribution in [1.29, 1.82) is 0 Å². The first kappa shape index (κ1) is 13.2. The molecular weight excluding hydrogens is 252 g/mol. The van der Waals surface area contributed by atoms with Crippen LogP contribution in [0.1, 0.15) is 44.4 Å². The first-order valence-electron chi connectivity index (χ1n) is 7.37. The number of hydrogen-bond acceptors (Lipinski definition) is 5. The maximum atomic E-state index is 5.49. The second-order valence-corrected chi connectivity index (χ2v) is 5.23. The molecular formula is C15H20N4O. The van der Waals surface area contributed by atoms with Gasteiger partial charge in [0.25, 0.3) is 0 Å². The highest BCUT2D eigenvalue weighted by Gasteiger charge is 2.30. The van der Waals surface area contributed by atoms with Gasteiger partial charge in [0.2, 0.25) is 11.7 Å². The molecule has 2 atom stereocenters. The largest absolute Gasteiger partial charge is 0.339 e. The Kier molecular flexibility index (Phi) is 4.06. The van der Waals surface area contributed by atoms with Crippen LogP contribution in [0.5, 0.6) is 0 Å². The zero-order valence-corrected chi connectivity index (χ0v) is 11.7. The molecule has 0 saturated heterocycles. The fourth-order valence-corrected chi connectivity index (χ4v) is 2.92. The first-order valence-corrected chi connectivity index (χ1v) is 7.37. The van der Waals surface area contributed by atoms with Crippen molar-refractivity contribution in [2.75, 3.05) is 6.54 Å². The Hall–Kier alpha value is -1.75. The van der Waals surface area contributed by atoms with Crippen LogP contribution in [0.2, 0.25) is 0 Å². The van der Waals surface area contributed by atoms with Gasteiger partial charge in [0.1, 0.15) is 5.69 Å². The molecule has 2 unspecified atom stereocenters. The summed E-state index contributed by atoms with van der Waals surface area (Å²) in [5.41, 5.74) is 0.762. The molecule has 1 aliphatic rings. The molecule has 106 valence electrons. The van der Waals surface area contributed by atoms with E-state index in [9.17, 15) is 0 Å². The minimum Gasteiger partial charge on any atom is -0.339 e. The molecule has 1 saturated carbocycles. The van der Waals surface area contributed by atoms with Gasteiger partial charge in [-0.15, -0.1) is 0 Å². The number of likely N-dealkylation sites (N-methyl/N-ethyl adjacent to an activating group) is 1. The van der Waals surface area contributed by atoms with Gasteiger partial charge in [0.05, 0.1) is 5.92 Å². The first-order chi connectivity index (χ1) is 9.88. The van der Waals surface area contributed by atoms with E-state index in [1.54, 1.807) is 6.20 Å². The molecule has 2 aromatic heterocycles. The smallest absolute Gasteiger partial charge is 0.231 e. The SMILES string of the molecule is CCNC1CCCCC1c1nc(-c2ccccn2)no1. The quantitative estimate of drug-likeness (QED) is 0.927. The molecule has 0 bridgehead atoms. The zero-order valence-electron chi connectivity index (χ0n) is 11.7. The maximum Gasteiger partial charge on any atom is 0.231 e. The van der Waals surface area contributed by atoms with E-state index in [1.165, 1.54) is 19.3 Å². The van der Waals surface area contributed by atoms with Gasteiger partial charge >= 0.3 is 0 Å². The minimum absolute atomic E-state index is 0.327. The maximum absolute atomic E-state index is 5.49. The van der Waals surface area contributed by atoms with Crippen LogP contribution in [0.15, 0.2) is 28.9 Å². The topological polar surface area (TPSA) is 63.8 Å². The molecule has 0 aliphatic heterocycles. The van der Waals surface area contributed by atoms with E-state index in [0.29, 0.717) is 17.8 Å². The van der Waals surface area contributed by atoms with Gasteiger partial charge in [0.15, 0.2) is 0 Å². The molecule has 0 spiro atoms. The summed E-state index contributed by atoms with van der Waals surface area (Å²) in [6.07, 6.45) is 6.54. The van der Waals surface area contributed by atoms with Crippen molar-refractivity contribution >= 4 is 0 Å². The van der Waals surface area contributed by atoms with Crippen LogP contribution < -0.4 is 5.32 Å². The normalized spacial score (nSPS) is 22.9. The fourth-order valence-electron chi connectivity index (χ4n) is 2.92. The van der Waals surface area contributed by atoms with Crippen molar-refractivity contribution in [1.82, 2.24) is 20.4 Å². The second kappa shape index (κ2) is 6.13. The van der Waals surface area contributed by atoms with Gasteiger partial charge in [-0.3, -0.25) is 4.98 Å². The molecule has 1 fully saturated rings. The van der Waals surface area contributed by atoms with Crippen molar-refractivity contribution in [3.63, 3.8) is 0 Å². The number of hydrogen-bond donors (Lipinski definition) is 1. The summed E-state index contributed by atoms with van der Waals surface area (Å²) < 4.78 is 5.49. The van der Waals surface area contributed by atoms with E-state index >= 15 is 0 Å². The van der Waals surface area contributed by atoms with E-state index in [2.05, 4.69) is 27.4 Å². The standard InChI is InChI=1S/C15H20N4O/c1-2-16-12-8-4-3-7-11(12)15-18-14(19-20-15)13-9-5-6-10-17-13/h5-6,9-12,16H,2-4,7-8H2,1H3. The van der Waals surface area contributed by atoms with Crippen LogP contribution in [0.4, 0.5) is 0 Å². The summed E-state index contributed by atoms with van der Waals surface area (Å²) in [6.45, 7) is 3.11. The molecule has 2 heterocycles. The Balaban J connectivity index is 1.81. The Bertz CT molecular complexity index is 538. The predicted octanol–water partition coefficient (Wildman–Crippen LogP) is 2.77. The van der Waals surface area contributed by atoms with Gasteiger partial charge < -0.3 is 9.84 Å². The average molecular weight is 272 g/mol.